The van der Waals surface area contributed by atoms with Crippen LogP contribution in [0, 0.1) is 39.0 Å². The molecule has 3 heterocycles. The van der Waals surface area contributed by atoms with E-state index in [0.717, 1.165) is 42.3 Å². The molecule has 0 unspecified atom stereocenters. The maximum absolute atomic E-state index is 12.4. The lowest BCUT2D eigenvalue weighted by atomic mass is 10.2. The standard InChI is InChI=1S/C23H19BrN4O2S/c1-12-7-17(14(3)28(12)23-19(10-25)13(2)15(4)31-23)11-26-27-22(29)21-9-16-8-18(24)5-6-20(16)30-21/h5-9,11H,1-4H3,(H,27,29)/b26-11+. The monoisotopic (exact) mass is 494 g/mol. The van der Waals surface area contributed by atoms with E-state index in [0.29, 0.717) is 11.1 Å². The van der Waals surface area contributed by atoms with Crippen LogP contribution < -0.4 is 5.43 Å². The maximum atomic E-state index is 12.4. The normalized spacial score (nSPS) is 11.4. The molecule has 1 aromatic carbocycles. The number of fused-ring (bicyclic) bond motifs is 1. The Morgan fingerprint density at radius 3 is 2.77 bits per heavy atom. The molecular weight excluding hydrogens is 476 g/mol. The number of halogens is 1. The van der Waals surface area contributed by atoms with Crippen molar-refractivity contribution >= 4 is 50.4 Å². The number of furan rings is 1. The molecule has 0 atom stereocenters. The second kappa shape index (κ2) is 8.17. The summed E-state index contributed by atoms with van der Waals surface area (Å²) in [5.74, 6) is -0.229. The topological polar surface area (TPSA) is 83.3 Å². The smallest absolute Gasteiger partial charge is 0.307 e. The lowest BCUT2D eigenvalue weighted by Crippen LogP contribution is -2.16. The van der Waals surface area contributed by atoms with Gasteiger partial charge in [0.15, 0.2) is 5.76 Å². The predicted molar refractivity (Wildman–Crippen MR) is 126 cm³/mol. The highest BCUT2D eigenvalue weighted by Crippen LogP contribution is 2.33. The van der Waals surface area contributed by atoms with Crippen LogP contribution in [0.3, 0.4) is 0 Å². The van der Waals surface area contributed by atoms with Crippen molar-refractivity contribution in [1.29, 1.82) is 5.26 Å². The molecule has 4 aromatic rings. The molecular formula is C23H19BrN4O2S. The molecule has 6 nitrogen and oxygen atoms in total. The average molecular weight is 495 g/mol. The molecule has 8 heteroatoms. The minimum Gasteiger partial charge on any atom is -0.451 e. The molecule has 0 aliphatic heterocycles. The number of nitriles is 1. The number of aryl methyl sites for hydroxylation is 2. The summed E-state index contributed by atoms with van der Waals surface area (Å²) in [7, 11) is 0. The Labute approximate surface area is 191 Å². The molecule has 31 heavy (non-hydrogen) atoms. The Hall–Kier alpha value is -3.15. The number of aromatic nitrogens is 1. The lowest BCUT2D eigenvalue weighted by Gasteiger charge is -2.07. The highest BCUT2D eigenvalue weighted by molar-refractivity contribution is 9.10. The van der Waals surface area contributed by atoms with E-state index in [-0.39, 0.29) is 5.76 Å². The van der Waals surface area contributed by atoms with Crippen molar-refractivity contribution in [2.75, 3.05) is 0 Å². The van der Waals surface area contributed by atoms with Gasteiger partial charge in [-0.1, -0.05) is 15.9 Å². The first-order valence-corrected chi connectivity index (χ1v) is 11.1. The number of carbonyl (C=O) groups is 1. The lowest BCUT2D eigenvalue weighted by molar-refractivity contribution is 0.0929. The Morgan fingerprint density at radius 2 is 2.03 bits per heavy atom. The molecule has 0 radical (unpaired) electrons. The van der Waals surface area contributed by atoms with Gasteiger partial charge in [-0.3, -0.25) is 4.79 Å². The summed E-state index contributed by atoms with van der Waals surface area (Å²) in [5.41, 5.74) is 7.66. The zero-order chi connectivity index (χ0) is 22.3. The van der Waals surface area contributed by atoms with Gasteiger partial charge in [0.05, 0.1) is 11.8 Å². The van der Waals surface area contributed by atoms with Gasteiger partial charge < -0.3 is 8.98 Å². The van der Waals surface area contributed by atoms with Crippen LogP contribution in [0.1, 0.15) is 43.5 Å². The van der Waals surface area contributed by atoms with Gasteiger partial charge in [0.2, 0.25) is 0 Å². The van der Waals surface area contributed by atoms with Crippen molar-refractivity contribution in [3.05, 3.63) is 73.5 Å². The van der Waals surface area contributed by atoms with Gasteiger partial charge in [-0.25, -0.2) is 5.43 Å². The zero-order valence-electron chi connectivity index (χ0n) is 17.4. The second-order valence-corrected chi connectivity index (χ2v) is 9.35. The van der Waals surface area contributed by atoms with Crippen LogP contribution in [-0.2, 0) is 0 Å². The third-order valence-corrected chi connectivity index (χ3v) is 6.91. The molecule has 0 spiro atoms. The number of nitrogens with one attached hydrogen (secondary N) is 1. The van der Waals surface area contributed by atoms with Gasteiger partial charge in [-0.2, -0.15) is 10.4 Å². The van der Waals surface area contributed by atoms with E-state index < -0.39 is 5.91 Å². The molecule has 3 aromatic heterocycles. The maximum Gasteiger partial charge on any atom is 0.307 e. The number of hydrogen-bond donors (Lipinski definition) is 1. The van der Waals surface area contributed by atoms with Crippen LogP contribution in [0.2, 0.25) is 0 Å². The zero-order valence-corrected chi connectivity index (χ0v) is 19.8. The van der Waals surface area contributed by atoms with Crippen LogP contribution in [0.25, 0.3) is 16.0 Å². The fraction of sp³-hybridized carbons (Fsp3) is 0.174. The molecule has 0 saturated heterocycles. The van der Waals surface area contributed by atoms with E-state index >= 15 is 0 Å². The van der Waals surface area contributed by atoms with Crippen LogP contribution in [0.4, 0.5) is 0 Å². The van der Waals surface area contributed by atoms with E-state index in [1.54, 1.807) is 29.7 Å². The molecule has 1 N–H and O–H groups in total. The number of rotatable bonds is 4. The minimum absolute atomic E-state index is 0.193. The molecule has 1 amide bonds. The summed E-state index contributed by atoms with van der Waals surface area (Å²) in [6.45, 7) is 7.95. The molecule has 156 valence electrons. The van der Waals surface area contributed by atoms with Crippen molar-refractivity contribution in [3.8, 4) is 11.1 Å². The van der Waals surface area contributed by atoms with Gasteiger partial charge in [0, 0.05) is 31.7 Å². The van der Waals surface area contributed by atoms with Crippen LogP contribution >= 0.6 is 27.3 Å². The molecule has 4 rings (SSSR count). The SMILES string of the molecule is Cc1sc(-n2c(C)cc(/C=N/NC(=O)c3cc4cc(Br)ccc4o3)c2C)c(C#N)c1C. The number of hydrazone groups is 1. The fourth-order valence-electron chi connectivity index (χ4n) is 3.47. The predicted octanol–water partition coefficient (Wildman–Crippen LogP) is 5.92. The Bertz CT molecular complexity index is 1400. The fourth-order valence-corrected chi connectivity index (χ4v) is 5.07. The van der Waals surface area contributed by atoms with Crippen LogP contribution in [0.5, 0.6) is 0 Å². The molecule has 0 aliphatic rings. The highest BCUT2D eigenvalue weighted by Gasteiger charge is 2.18. The third-order valence-electron chi connectivity index (χ3n) is 5.22. The van der Waals surface area contributed by atoms with Crippen LogP contribution in [0.15, 0.2) is 44.3 Å². The van der Waals surface area contributed by atoms with Crippen LogP contribution in [-0.4, -0.2) is 16.7 Å². The number of nitrogens with zero attached hydrogens (tertiary/aromatic N) is 3. The third kappa shape index (κ3) is 3.82. The first-order valence-electron chi connectivity index (χ1n) is 9.52. The van der Waals surface area contributed by atoms with Gasteiger partial charge in [0.25, 0.3) is 0 Å². The number of carbonyl (C=O) groups excluding carboxylic acids is 1. The van der Waals surface area contributed by atoms with Gasteiger partial charge >= 0.3 is 5.91 Å². The summed E-state index contributed by atoms with van der Waals surface area (Å²) in [4.78, 5) is 13.5. The quantitative estimate of drug-likeness (QED) is 0.282. The van der Waals surface area contributed by atoms with Gasteiger partial charge in [-0.05, 0) is 63.6 Å². The number of hydrogen-bond acceptors (Lipinski definition) is 5. The Morgan fingerprint density at radius 1 is 1.26 bits per heavy atom. The Kier molecular flexibility index (Phi) is 5.56. The minimum atomic E-state index is -0.423. The van der Waals surface area contributed by atoms with E-state index in [4.69, 9.17) is 4.42 Å². The summed E-state index contributed by atoms with van der Waals surface area (Å²) in [6.07, 6.45) is 1.61. The van der Waals surface area contributed by atoms with Crippen molar-refractivity contribution in [2.24, 2.45) is 5.10 Å². The average Bonchev–Trinajstić information content (AvgIpc) is 3.36. The number of benzene rings is 1. The van der Waals surface area contributed by atoms with Crippen molar-refractivity contribution in [2.45, 2.75) is 27.7 Å². The van der Waals surface area contributed by atoms with Crippen molar-refractivity contribution in [3.63, 3.8) is 0 Å². The first kappa shape index (κ1) is 21.1. The van der Waals surface area contributed by atoms with E-state index in [2.05, 4.69) is 37.1 Å². The molecule has 0 saturated carbocycles. The summed E-state index contributed by atoms with van der Waals surface area (Å²) < 4.78 is 8.56. The van der Waals surface area contributed by atoms with Crippen molar-refractivity contribution in [1.82, 2.24) is 9.99 Å². The molecule has 0 aliphatic carbocycles. The summed E-state index contributed by atoms with van der Waals surface area (Å²) >= 11 is 5.01. The van der Waals surface area contributed by atoms with Gasteiger partial charge in [-0.15, -0.1) is 11.3 Å². The highest BCUT2D eigenvalue weighted by atomic mass is 79.9. The molecule has 0 bridgehead atoms. The second-order valence-electron chi connectivity index (χ2n) is 7.23. The first-order chi connectivity index (χ1) is 14.8. The Balaban J connectivity index is 1.57. The number of thiophene rings is 1. The van der Waals surface area contributed by atoms with E-state index in [1.165, 1.54) is 0 Å². The largest absolute Gasteiger partial charge is 0.451 e. The van der Waals surface area contributed by atoms with Crippen molar-refractivity contribution < 1.29 is 9.21 Å². The summed E-state index contributed by atoms with van der Waals surface area (Å²) in [5, 5.41) is 15.5. The van der Waals surface area contributed by atoms with E-state index in [1.807, 2.05) is 45.9 Å². The summed E-state index contributed by atoms with van der Waals surface area (Å²) in [6, 6.07) is 11.5. The number of amides is 1. The van der Waals surface area contributed by atoms with Gasteiger partial charge in [0.1, 0.15) is 16.7 Å². The van der Waals surface area contributed by atoms with E-state index in [9.17, 15) is 10.1 Å². The molecule has 0 fully saturated rings.